The summed E-state index contributed by atoms with van der Waals surface area (Å²) in [5.41, 5.74) is 1.47. The van der Waals surface area contributed by atoms with Crippen LogP contribution in [0.3, 0.4) is 0 Å². The Kier molecular flexibility index (Phi) is 5.98. The summed E-state index contributed by atoms with van der Waals surface area (Å²) in [6.45, 7) is 2.11. The van der Waals surface area contributed by atoms with Gasteiger partial charge in [0.1, 0.15) is 6.04 Å². The number of nitrogens with zero attached hydrogens (tertiary/aromatic N) is 3. The van der Waals surface area contributed by atoms with Gasteiger partial charge in [-0.15, -0.1) is 0 Å². The molecular weight excluding hydrogens is 374 g/mol. The first-order valence-corrected chi connectivity index (χ1v) is 8.85. The number of benzene rings is 2. The van der Waals surface area contributed by atoms with E-state index in [1.807, 2.05) is 30.5 Å². The van der Waals surface area contributed by atoms with E-state index in [4.69, 9.17) is 0 Å². The molecule has 0 saturated carbocycles. The summed E-state index contributed by atoms with van der Waals surface area (Å²) in [7, 11) is 0. The number of aromatic nitrogens is 2. The fourth-order valence-corrected chi connectivity index (χ4v) is 2.69. The Balaban J connectivity index is 1.61. The predicted octanol–water partition coefficient (Wildman–Crippen LogP) is 2.60. The van der Waals surface area contributed by atoms with Crippen molar-refractivity contribution in [2.24, 2.45) is 0 Å². The molecule has 2 aromatic carbocycles. The highest BCUT2D eigenvalue weighted by molar-refractivity contribution is 6.01. The molecule has 0 bridgehead atoms. The zero-order chi connectivity index (χ0) is 20.8. The maximum absolute atomic E-state index is 12.4. The molecule has 0 aliphatic carbocycles. The highest BCUT2D eigenvalue weighted by Crippen LogP contribution is 2.14. The molecule has 9 heteroatoms. The van der Waals surface area contributed by atoms with Gasteiger partial charge in [-0.1, -0.05) is 18.2 Å². The number of non-ortho nitro benzene ring substituents is 1. The minimum Gasteiger partial charge on any atom is -0.341 e. The number of nitro benzene ring substituents is 1. The molecule has 3 rings (SSSR count). The second-order valence-electron chi connectivity index (χ2n) is 6.40. The third-order valence-electron chi connectivity index (χ3n) is 4.16. The number of nitro groups is 1. The van der Waals surface area contributed by atoms with Crippen LogP contribution in [0.1, 0.15) is 22.8 Å². The molecule has 0 fully saturated rings. The second kappa shape index (κ2) is 8.79. The second-order valence-corrected chi connectivity index (χ2v) is 6.40. The van der Waals surface area contributed by atoms with Gasteiger partial charge in [0, 0.05) is 35.8 Å². The Morgan fingerprint density at radius 3 is 2.69 bits per heavy atom. The Labute approximate surface area is 166 Å². The van der Waals surface area contributed by atoms with Crippen LogP contribution in [0.25, 0.3) is 0 Å². The smallest absolute Gasteiger partial charge is 0.270 e. The first-order valence-electron chi connectivity index (χ1n) is 8.85. The molecule has 2 amide bonds. The lowest BCUT2D eigenvalue weighted by Crippen LogP contribution is -2.41. The predicted molar refractivity (Wildman–Crippen MR) is 106 cm³/mol. The van der Waals surface area contributed by atoms with E-state index in [9.17, 15) is 19.7 Å². The van der Waals surface area contributed by atoms with E-state index in [0.29, 0.717) is 12.2 Å². The molecule has 29 heavy (non-hydrogen) atoms. The van der Waals surface area contributed by atoms with E-state index in [1.165, 1.54) is 31.2 Å². The zero-order valence-corrected chi connectivity index (χ0v) is 15.6. The third-order valence-corrected chi connectivity index (χ3v) is 4.16. The van der Waals surface area contributed by atoms with Crippen molar-refractivity contribution >= 4 is 23.2 Å². The van der Waals surface area contributed by atoms with Gasteiger partial charge in [-0.2, -0.15) is 5.10 Å². The molecule has 1 heterocycles. The summed E-state index contributed by atoms with van der Waals surface area (Å²) in [6.07, 6.45) is 3.54. The summed E-state index contributed by atoms with van der Waals surface area (Å²) >= 11 is 0. The number of rotatable bonds is 7. The fourth-order valence-electron chi connectivity index (χ4n) is 2.69. The van der Waals surface area contributed by atoms with Crippen molar-refractivity contribution in [2.75, 3.05) is 5.32 Å². The van der Waals surface area contributed by atoms with Crippen molar-refractivity contribution in [1.29, 1.82) is 0 Å². The van der Waals surface area contributed by atoms with E-state index < -0.39 is 22.8 Å². The maximum Gasteiger partial charge on any atom is 0.270 e. The highest BCUT2D eigenvalue weighted by atomic mass is 16.6. The van der Waals surface area contributed by atoms with Crippen LogP contribution in [0.4, 0.5) is 11.4 Å². The van der Waals surface area contributed by atoms with Crippen LogP contribution in [-0.2, 0) is 11.3 Å². The van der Waals surface area contributed by atoms with Crippen molar-refractivity contribution in [3.63, 3.8) is 0 Å². The molecule has 3 aromatic rings. The topological polar surface area (TPSA) is 119 Å². The summed E-state index contributed by atoms with van der Waals surface area (Å²) in [5, 5.41) is 20.3. The number of hydrogen-bond acceptors (Lipinski definition) is 5. The van der Waals surface area contributed by atoms with E-state index in [2.05, 4.69) is 15.7 Å². The lowest BCUT2D eigenvalue weighted by molar-refractivity contribution is -0.384. The largest absolute Gasteiger partial charge is 0.341 e. The molecule has 1 aromatic heterocycles. The summed E-state index contributed by atoms with van der Waals surface area (Å²) in [6, 6.07) is 13.6. The Hall–Kier alpha value is -4.01. The van der Waals surface area contributed by atoms with Gasteiger partial charge in [0.2, 0.25) is 5.91 Å². The summed E-state index contributed by atoms with van der Waals surface area (Å²) < 4.78 is 1.77. The lowest BCUT2D eigenvalue weighted by atomic mass is 10.1. The highest BCUT2D eigenvalue weighted by Gasteiger charge is 2.18. The van der Waals surface area contributed by atoms with Crippen LogP contribution in [-0.4, -0.2) is 32.6 Å². The van der Waals surface area contributed by atoms with Crippen LogP contribution in [0.2, 0.25) is 0 Å². The van der Waals surface area contributed by atoms with Crippen molar-refractivity contribution in [2.45, 2.75) is 19.5 Å². The monoisotopic (exact) mass is 393 g/mol. The summed E-state index contributed by atoms with van der Waals surface area (Å²) in [4.78, 5) is 35.0. The fraction of sp³-hybridized carbons (Fsp3) is 0.150. The van der Waals surface area contributed by atoms with E-state index in [0.717, 1.165) is 5.56 Å². The van der Waals surface area contributed by atoms with E-state index in [-0.39, 0.29) is 11.3 Å². The van der Waals surface area contributed by atoms with Crippen molar-refractivity contribution in [1.82, 2.24) is 15.1 Å². The average molecular weight is 393 g/mol. The van der Waals surface area contributed by atoms with Crippen LogP contribution in [0.5, 0.6) is 0 Å². The zero-order valence-electron chi connectivity index (χ0n) is 15.6. The molecule has 0 radical (unpaired) electrons. The lowest BCUT2D eigenvalue weighted by Gasteiger charge is -2.15. The molecule has 9 nitrogen and oxygen atoms in total. The molecular formula is C20H19N5O4. The number of anilines is 1. The van der Waals surface area contributed by atoms with Gasteiger partial charge >= 0.3 is 0 Å². The van der Waals surface area contributed by atoms with Crippen LogP contribution in [0, 0.1) is 10.1 Å². The van der Waals surface area contributed by atoms with Gasteiger partial charge < -0.3 is 10.6 Å². The molecule has 2 N–H and O–H groups in total. The molecule has 1 unspecified atom stereocenters. The van der Waals surface area contributed by atoms with Crippen molar-refractivity contribution in [3.8, 4) is 0 Å². The van der Waals surface area contributed by atoms with Crippen LogP contribution >= 0.6 is 0 Å². The Morgan fingerprint density at radius 1 is 1.17 bits per heavy atom. The van der Waals surface area contributed by atoms with E-state index in [1.54, 1.807) is 16.9 Å². The number of nitrogens with one attached hydrogen (secondary N) is 2. The minimum absolute atomic E-state index is 0.111. The average Bonchev–Trinajstić information content (AvgIpc) is 3.21. The first-order chi connectivity index (χ1) is 13.9. The maximum atomic E-state index is 12.4. The molecule has 0 aliphatic rings. The number of carbonyl (C=O) groups is 2. The minimum atomic E-state index is -0.837. The van der Waals surface area contributed by atoms with Gasteiger partial charge in [-0.05, 0) is 36.8 Å². The Morgan fingerprint density at radius 2 is 1.97 bits per heavy atom. The van der Waals surface area contributed by atoms with Gasteiger partial charge in [0.05, 0.1) is 11.5 Å². The molecule has 0 spiro atoms. The molecule has 0 aliphatic heterocycles. The number of hydrogen-bond donors (Lipinski definition) is 2. The van der Waals surface area contributed by atoms with Gasteiger partial charge in [0.25, 0.3) is 11.6 Å². The third kappa shape index (κ3) is 5.25. The molecule has 148 valence electrons. The first kappa shape index (κ1) is 19.7. The SMILES string of the molecule is CC(NC(=O)c1cccc([N+](=O)[O-])c1)C(=O)Nc1cccc(Cn2cccn2)c1. The molecule has 0 saturated heterocycles. The van der Waals surface area contributed by atoms with Gasteiger partial charge in [-0.3, -0.25) is 24.4 Å². The van der Waals surface area contributed by atoms with Crippen LogP contribution in [0.15, 0.2) is 67.0 Å². The van der Waals surface area contributed by atoms with Gasteiger partial charge in [-0.25, -0.2) is 0 Å². The normalized spacial score (nSPS) is 11.5. The Bertz CT molecular complexity index is 1030. The van der Waals surface area contributed by atoms with Gasteiger partial charge in [0.15, 0.2) is 0 Å². The number of carbonyl (C=O) groups excluding carboxylic acids is 2. The standard InChI is InChI=1S/C20H19N5O4/c1-14(22-20(27)16-6-3-8-18(12-16)25(28)29)19(26)23-17-7-2-5-15(11-17)13-24-10-4-9-21-24/h2-12,14H,13H2,1H3,(H,22,27)(H,23,26). The van der Waals surface area contributed by atoms with E-state index >= 15 is 0 Å². The quantitative estimate of drug-likeness (QED) is 0.472. The van der Waals surface area contributed by atoms with Crippen molar-refractivity contribution in [3.05, 3.63) is 88.2 Å². The van der Waals surface area contributed by atoms with Crippen LogP contribution < -0.4 is 10.6 Å². The summed E-state index contributed by atoms with van der Waals surface area (Å²) in [5.74, 6) is -0.969. The van der Waals surface area contributed by atoms with Crippen molar-refractivity contribution < 1.29 is 14.5 Å². The number of amides is 2. The molecule has 1 atom stereocenters.